The summed E-state index contributed by atoms with van der Waals surface area (Å²) in [5, 5.41) is 0. The van der Waals surface area contributed by atoms with Gasteiger partial charge in [0, 0.05) is 25.8 Å². The normalized spacial score (nSPS) is 19.6. The molecule has 0 aromatic heterocycles. The summed E-state index contributed by atoms with van der Waals surface area (Å²) in [7, 11) is 1.78. The Kier molecular flexibility index (Phi) is 4.31. The molecule has 0 radical (unpaired) electrons. The molecule has 98 valence electrons. The molecule has 1 fully saturated rings. The molecule has 1 saturated heterocycles. The van der Waals surface area contributed by atoms with Crippen LogP contribution in [0.4, 0.5) is 4.39 Å². The minimum absolute atomic E-state index is 0.0689. The number of hydrogen-bond acceptors (Lipinski definition) is 2. The molecule has 1 aliphatic rings. The standard InChI is InChI=1S/C14H18FNO2/c1-16(9-11-3-2-8-18-10-11)14(17)12-4-6-13(15)7-5-12/h4-7,11H,2-3,8-10H2,1H3. The highest BCUT2D eigenvalue weighted by Crippen LogP contribution is 2.15. The zero-order chi connectivity index (χ0) is 13.0. The zero-order valence-corrected chi connectivity index (χ0v) is 10.6. The van der Waals surface area contributed by atoms with E-state index in [4.69, 9.17) is 4.74 Å². The highest BCUT2D eigenvalue weighted by atomic mass is 19.1. The minimum atomic E-state index is -0.324. The van der Waals surface area contributed by atoms with Crippen molar-refractivity contribution >= 4 is 5.91 Å². The Morgan fingerprint density at radius 1 is 1.44 bits per heavy atom. The molecule has 0 spiro atoms. The minimum Gasteiger partial charge on any atom is -0.381 e. The van der Waals surface area contributed by atoms with Crippen LogP contribution in [0.5, 0.6) is 0 Å². The summed E-state index contributed by atoms with van der Waals surface area (Å²) in [4.78, 5) is 13.8. The fourth-order valence-electron chi connectivity index (χ4n) is 2.23. The molecule has 1 aromatic carbocycles. The molecule has 1 aliphatic heterocycles. The SMILES string of the molecule is CN(CC1CCCOC1)C(=O)c1ccc(F)cc1. The van der Waals surface area contributed by atoms with E-state index in [9.17, 15) is 9.18 Å². The van der Waals surface area contributed by atoms with Crippen molar-refractivity contribution < 1.29 is 13.9 Å². The molecule has 1 amide bonds. The molecule has 4 heteroatoms. The molecule has 0 aliphatic carbocycles. The summed E-state index contributed by atoms with van der Waals surface area (Å²) in [6.45, 7) is 2.24. The molecule has 2 rings (SSSR count). The predicted octanol–water partition coefficient (Wildman–Crippen LogP) is 2.32. The Hall–Kier alpha value is -1.42. The number of benzene rings is 1. The van der Waals surface area contributed by atoms with Crippen LogP contribution in [0.1, 0.15) is 23.2 Å². The van der Waals surface area contributed by atoms with Crippen molar-refractivity contribution in [3.05, 3.63) is 35.6 Å². The van der Waals surface area contributed by atoms with Crippen molar-refractivity contribution in [3.63, 3.8) is 0 Å². The van der Waals surface area contributed by atoms with E-state index >= 15 is 0 Å². The topological polar surface area (TPSA) is 29.5 Å². The Morgan fingerprint density at radius 3 is 2.78 bits per heavy atom. The second-order valence-corrected chi connectivity index (χ2v) is 4.78. The average Bonchev–Trinajstić information content (AvgIpc) is 2.40. The van der Waals surface area contributed by atoms with Gasteiger partial charge >= 0.3 is 0 Å². The lowest BCUT2D eigenvalue weighted by Crippen LogP contribution is -2.35. The van der Waals surface area contributed by atoms with E-state index in [1.165, 1.54) is 24.3 Å². The third-order valence-electron chi connectivity index (χ3n) is 3.22. The summed E-state index contributed by atoms with van der Waals surface area (Å²) in [6.07, 6.45) is 2.16. The van der Waals surface area contributed by atoms with Crippen LogP contribution in [-0.2, 0) is 4.74 Å². The van der Waals surface area contributed by atoms with Gasteiger partial charge in [-0.2, -0.15) is 0 Å². The fourth-order valence-corrected chi connectivity index (χ4v) is 2.23. The summed E-state index contributed by atoms with van der Waals surface area (Å²) >= 11 is 0. The van der Waals surface area contributed by atoms with E-state index in [0.29, 0.717) is 18.0 Å². The van der Waals surface area contributed by atoms with Crippen molar-refractivity contribution in [3.8, 4) is 0 Å². The largest absolute Gasteiger partial charge is 0.381 e. The van der Waals surface area contributed by atoms with Crippen molar-refractivity contribution in [1.82, 2.24) is 4.90 Å². The quantitative estimate of drug-likeness (QED) is 0.825. The van der Waals surface area contributed by atoms with Crippen LogP contribution >= 0.6 is 0 Å². The first kappa shape index (κ1) is 13.0. The van der Waals surface area contributed by atoms with Gasteiger partial charge in [-0.25, -0.2) is 4.39 Å². The fraction of sp³-hybridized carbons (Fsp3) is 0.500. The maximum Gasteiger partial charge on any atom is 0.253 e. The Labute approximate surface area is 107 Å². The molecule has 1 heterocycles. The number of hydrogen-bond donors (Lipinski definition) is 0. The van der Waals surface area contributed by atoms with E-state index in [0.717, 1.165) is 26.1 Å². The van der Waals surface area contributed by atoms with Gasteiger partial charge < -0.3 is 9.64 Å². The molecule has 1 unspecified atom stereocenters. The summed E-state index contributed by atoms with van der Waals surface area (Å²) < 4.78 is 18.2. The van der Waals surface area contributed by atoms with Crippen LogP contribution in [-0.4, -0.2) is 37.6 Å². The Morgan fingerprint density at radius 2 is 2.17 bits per heavy atom. The second kappa shape index (κ2) is 5.96. The van der Waals surface area contributed by atoms with Gasteiger partial charge in [0.15, 0.2) is 0 Å². The number of carbonyl (C=O) groups is 1. The van der Waals surface area contributed by atoms with Crippen molar-refractivity contribution in [2.45, 2.75) is 12.8 Å². The van der Waals surface area contributed by atoms with Gasteiger partial charge in [0.2, 0.25) is 0 Å². The van der Waals surface area contributed by atoms with Crippen LogP contribution in [0.15, 0.2) is 24.3 Å². The van der Waals surface area contributed by atoms with Gasteiger partial charge in [-0.15, -0.1) is 0 Å². The maximum atomic E-state index is 12.8. The van der Waals surface area contributed by atoms with Crippen LogP contribution in [0.25, 0.3) is 0 Å². The molecule has 1 atom stereocenters. The van der Waals surface area contributed by atoms with E-state index in [1.54, 1.807) is 11.9 Å². The van der Waals surface area contributed by atoms with Gasteiger partial charge in [-0.3, -0.25) is 4.79 Å². The third kappa shape index (κ3) is 3.29. The molecular formula is C14H18FNO2. The predicted molar refractivity (Wildman–Crippen MR) is 66.9 cm³/mol. The Balaban J connectivity index is 1.93. The van der Waals surface area contributed by atoms with Crippen LogP contribution in [0.2, 0.25) is 0 Å². The second-order valence-electron chi connectivity index (χ2n) is 4.78. The summed E-state index contributed by atoms with van der Waals surface area (Å²) in [5.74, 6) is 0.0172. The third-order valence-corrected chi connectivity index (χ3v) is 3.22. The summed E-state index contributed by atoms with van der Waals surface area (Å²) in [5.41, 5.74) is 0.524. The van der Waals surface area contributed by atoms with Gasteiger partial charge in [-0.05, 0) is 43.0 Å². The van der Waals surface area contributed by atoms with E-state index in [1.807, 2.05) is 0 Å². The lowest BCUT2D eigenvalue weighted by atomic mass is 10.0. The van der Waals surface area contributed by atoms with Gasteiger partial charge in [0.05, 0.1) is 6.61 Å². The molecule has 0 N–H and O–H groups in total. The number of ether oxygens (including phenoxy) is 1. The van der Waals surface area contributed by atoms with Crippen LogP contribution in [0.3, 0.4) is 0 Å². The van der Waals surface area contributed by atoms with Gasteiger partial charge in [0.25, 0.3) is 5.91 Å². The first-order chi connectivity index (χ1) is 8.66. The maximum absolute atomic E-state index is 12.8. The van der Waals surface area contributed by atoms with Crippen molar-refractivity contribution in [1.29, 1.82) is 0 Å². The highest BCUT2D eigenvalue weighted by molar-refractivity contribution is 5.93. The first-order valence-electron chi connectivity index (χ1n) is 6.25. The number of halogens is 1. The zero-order valence-electron chi connectivity index (χ0n) is 10.6. The van der Waals surface area contributed by atoms with E-state index in [-0.39, 0.29) is 11.7 Å². The monoisotopic (exact) mass is 251 g/mol. The number of rotatable bonds is 3. The first-order valence-corrected chi connectivity index (χ1v) is 6.25. The van der Waals surface area contributed by atoms with Crippen LogP contribution < -0.4 is 0 Å². The number of nitrogens with zero attached hydrogens (tertiary/aromatic N) is 1. The van der Waals surface area contributed by atoms with Crippen LogP contribution in [0, 0.1) is 11.7 Å². The Bertz CT molecular complexity index is 399. The molecule has 0 saturated carbocycles. The van der Waals surface area contributed by atoms with Crippen molar-refractivity contribution in [2.75, 3.05) is 26.8 Å². The molecule has 3 nitrogen and oxygen atoms in total. The molecule has 1 aromatic rings. The summed E-state index contributed by atoms with van der Waals surface area (Å²) in [6, 6.07) is 5.66. The molecule has 0 bridgehead atoms. The lowest BCUT2D eigenvalue weighted by molar-refractivity contribution is 0.0388. The lowest BCUT2D eigenvalue weighted by Gasteiger charge is -2.27. The van der Waals surface area contributed by atoms with Crippen molar-refractivity contribution in [2.24, 2.45) is 5.92 Å². The highest BCUT2D eigenvalue weighted by Gasteiger charge is 2.19. The van der Waals surface area contributed by atoms with Gasteiger partial charge in [0.1, 0.15) is 5.82 Å². The van der Waals surface area contributed by atoms with Gasteiger partial charge in [-0.1, -0.05) is 0 Å². The van der Waals surface area contributed by atoms with E-state index < -0.39 is 0 Å². The van der Waals surface area contributed by atoms with E-state index in [2.05, 4.69) is 0 Å². The molecular weight excluding hydrogens is 233 g/mol. The number of amides is 1. The smallest absolute Gasteiger partial charge is 0.253 e. The molecule has 18 heavy (non-hydrogen) atoms. The average molecular weight is 251 g/mol. The number of carbonyl (C=O) groups excluding carboxylic acids is 1.